The van der Waals surface area contributed by atoms with Crippen molar-refractivity contribution in [3.05, 3.63) is 68.8 Å². The number of halogens is 2. The Morgan fingerprint density at radius 3 is 2.76 bits per heavy atom. The van der Waals surface area contributed by atoms with Gasteiger partial charge in [-0.05, 0) is 49.6 Å². The number of benzene rings is 1. The molecule has 0 aliphatic rings. The van der Waals surface area contributed by atoms with Crippen LogP contribution in [0.4, 0.5) is 0 Å². The van der Waals surface area contributed by atoms with E-state index in [1.165, 1.54) is 11.8 Å². The van der Waals surface area contributed by atoms with Gasteiger partial charge in [0, 0.05) is 22.6 Å². The molecule has 0 spiro atoms. The Bertz CT molecular complexity index is 1180. The molecule has 0 atom stereocenters. The monoisotopic (exact) mass is 462 g/mol. The normalized spacial score (nSPS) is 11.2. The molecule has 3 heterocycles. The predicted octanol–water partition coefficient (Wildman–Crippen LogP) is 6.22. The Hall–Kier alpha value is -2.06. The Morgan fingerprint density at radius 1 is 1.21 bits per heavy atom. The first-order chi connectivity index (χ1) is 13.9. The van der Waals surface area contributed by atoms with Crippen molar-refractivity contribution in [1.29, 1.82) is 0 Å². The van der Waals surface area contributed by atoms with E-state index in [0.717, 1.165) is 22.0 Å². The zero-order chi connectivity index (χ0) is 20.5. The molecule has 0 unspecified atom stereocenters. The molecule has 0 aliphatic heterocycles. The Kier molecular flexibility index (Phi) is 5.83. The van der Waals surface area contributed by atoms with Gasteiger partial charge in [-0.25, -0.2) is 4.98 Å². The van der Waals surface area contributed by atoms with Crippen LogP contribution in [0.2, 0.25) is 10.0 Å². The number of aromatic amines is 1. The second-order valence-electron chi connectivity index (χ2n) is 6.37. The molecule has 148 valence electrons. The van der Waals surface area contributed by atoms with E-state index in [4.69, 9.17) is 23.2 Å². The third-order valence-corrected chi connectivity index (χ3v) is 6.91. The molecular formula is C20H16Cl2N4OS2. The number of H-pyrrole nitrogens is 1. The number of hydrogen-bond acceptors (Lipinski definition) is 5. The third kappa shape index (κ3) is 4.14. The zero-order valence-corrected chi connectivity index (χ0v) is 18.7. The topological polar surface area (TPSA) is 63.6 Å². The summed E-state index contributed by atoms with van der Waals surface area (Å²) in [5.41, 5.74) is 3.36. The van der Waals surface area contributed by atoms with Gasteiger partial charge in [0.15, 0.2) is 11.6 Å². The van der Waals surface area contributed by atoms with E-state index in [1.54, 1.807) is 23.5 Å². The number of hydrogen-bond donors (Lipinski definition) is 1. The van der Waals surface area contributed by atoms with Crippen LogP contribution in [-0.2, 0) is 0 Å². The van der Waals surface area contributed by atoms with Gasteiger partial charge in [0.1, 0.15) is 0 Å². The first kappa shape index (κ1) is 20.2. The molecule has 5 nitrogen and oxygen atoms in total. The summed E-state index contributed by atoms with van der Waals surface area (Å²) < 4.78 is 2.00. The average molecular weight is 463 g/mol. The van der Waals surface area contributed by atoms with Gasteiger partial charge in [0.2, 0.25) is 5.16 Å². The highest BCUT2D eigenvalue weighted by Gasteiger charge is 2.18. The number of aryl methyl sites for hydroxylation is 1. The van der Waals surface area contributed by atoms with E-state index in [1.807, 2.05) is 48.1 Å². The van der Waals surface area contributed by atoms with Crippen LogP contribution in [0, 0.1) is 13.8 Å². The SMILES string of the molecule is Cc1cc(C(=O)CSc2n[nH]c(-c3cccs3)n2)c(C)n1-c1ccc(Cl)c(Cl)c1. The van der Waals surface area contributed by atoms with Crippen LogP contribution in [0.5, 0.6) is 0 Å². The van der Waals surface area contributed by atoms with E-state index in [9.17, 15) is 4.79 Å². The van der Waals surface area contributed by atoms with Crippen LogP contribution in [0.3, 0.4) is 0 Å². The Labute approximate surface area is 186 Å². The van der Waals surface area contributed by atoms with Crippen molar-refractivity contribution in [2.24, 2.45) is 0 Å². The summed E-state index contributed by atoms with van der Waals surface area (Å²) in [6.07, 6.45) is 0. The summed E-state index contributed by atoms with van der Waals surface area (Å²) in [6.45, 7) is 3.89. The van der Waals surface area contributed by atoms with Crippen LogP contribution in [0.15, 0.2) is 46.9 Å². The number of thioether (sulfide) groups is 1. The number of nitrogens with zero attached hydrogens (tertiary/aromatic N) is 3. The quantitative estimate of drug-likeness (QED) is 0.272. The number of rotatable bonds is 6. The fourth-order valence-electron chi connectivity index (χ4n) is 3.11. The summed E-state index contributed by atoms with van der Waals surface area (Å²) in [7, 11) is 0. The average Bonchev–Trinajstić information content (AvgIpc) is 3.43. The maximum absolute atomic E-state index is 12.8. The fraction of sp³-hybridized carbons (Fsp3) is 0.150. The molecule has 0 bridgehead atoms. The molecule has 3 aromatic heterocycles. The lowest BCUT2D eigenvalue weighted by atomic mass is 10.2. The minimum atomic E-state index is 0.0249. The van der Waals surface area contributed by atoms with Crippen LogP contribution < -0.4 is 0 Å². The van der Waals surface area contributed by atoms with Gasteiger partial charge in [0.25, 0.3) is 0 Å². The van der Waals surface area contributed by atoms with Gasteiger partial charge in [-0.2, -0.15) is 0 Å². The molecular weight excluding hydrogens is 447 g/mol. The van der Waals surface area contributed by atoms with Gasteiger partial charge < -0.3 is 4.57 Å². The lowest BCUT2D eigenvalue weighted by molar-refractivity contribution is 0.102. The van der Waals surface area contributed by atoms with Crippen LogP contribution in [-0.4, -0.2) is 31.3 Å². The first-order valence-corrected chi connectivity index (χ1v) is 11.3. The molecule has 0 saturated heterocycles. The molecule has 0 radical (unpaired) electrons. The van der Waals surface area contributed by atoms with E-state index in [0.29, 0.717) is 26.6 Å². The van der Waals surface area contributed by atoms with Crippen LogP contribution >= 0.6 is 46.3 Å². The molecule has 1 N–H and O–H groups in total. The summed E-state index contributed by atoms with van der Waals surface area (Å²) in [5.74, 6) is 0.998. The minimum absolute atomic E-state index is 0.0249. The Balaban J connectivity index is 1.51. The summed E-state index contributed by atoms with van der Waals surface area (Å²) in [4.78, 5) is 18.3. The van der Waals surface area contributed by atoms with Crippen molar-refractivity contribution in [1.82, 2.24) is 19.7 Å². The van der Waals surface area contributed by atoms with Crippen molar-refractivity contribution in [2.45, 2.75) is 19.0 Å². The number of aromatic nitrogens is 4. The molecule has 0 fully saturated rings. The molecule has 0 saturated carbocycles. The van der Waals surface area contributed by atoms with Crippen molar-refractivity contribution in [2.75, 3.05) is 5.75 Å². The fourth-order valence-corrected chi connectivity index (χ4v) is 4.75. The van der Waals surface area contributed by atoms with Gasteiger partial charge >= 0.3 is 0 Å². The molecule has 29 heavy (non-hydrogen) atoms. The highest BCUT2D eigenvalue weighted by molar-refractivity contribution is 7.99. The van der Waals surface area contributed by atoms with Crippen molar-refractivity contribution in [3.63, 3.8) is 0 Å². The second kappa shape index (κ2) is 8.36. The van der Waals surface area contributed by atoms with E-state index in [-0.39, 0.29) is 11.5 Å². The lowest BCUT2D eigenvalue weighted by Crippen LogP contribution is -2.05. The first-order valence-electron chi connectivity index (χ1n) is 8.70. The zero-order valence-electron chi connectivity index (χ0n) is 15.6. The number of thiophene rings is 1. The van der Waals surface area contributed by atoms with Crippen molar-refractivity contribution >= 4 is 52.1 Å². The summed E-state index contributed by atoms with van der Waals surface area (Å²) in [5, 5.41) is 10.6. The number of Topliss-reactive ketones (excluding diaryl/α,β-unsaturated/α-hetero) is 1. The number of carbonyl (C=O) groups is 1. The van der Waals surface area contributed by atoms with Crippen LogP contribution in [0.1, 0.15) is 21.7 Å². The molecule has 4 aromatic rings. The largest absolute Gasteiger partial charge is 0.318 e. The maximum atomic E-state index is 12.8. The third-order valence-electron chi connectivity index (χ3n) is 4.44. The predicted molar refractivity (Wildman–Crippen MR) is 120 cm³/mol. The van der Waals surface area contributed by atoms with Crippen molar-refractivity contribution in [3.8, 4) is 16.4 Å². The second-order valence-corrected chi connectivity index (χ2v) is 9.08. The van der Waals surface area contributed by atoms with Gasteiger partial charge in [-0.15, -0.1) is 16.4 Å². The smallest absolute Gasteiger partial charge is 0.209 e. The molecule has 1 aromatic carbocycles. The summed E-state index contributed by atoms with van der Waals surface area (Å²) in [6, 6.07) is 11.3. The van der Waals surface area contributed by atoms with Crippen LogP contribution in [0.25, 0.3) is 16.4 Å². The number of nitrogens with one attached hydrogen (secondary N) is 1. The molecule has 4 rings (SSSR count). The number of ketones is 1. The Morgan fingerprint density at radius 2 is 2.03 bits per heavy atom. The van der Waals surface area contributed by atoms with E-state index < -0.39 is 0 Å². The summed E-state index contributed by atoms with van der Waals surface area (Å²) >= 11 is 15.1. The van der Waals surface area contributed by atoms with Gasteiger partial charge in [-0.1, -0.05) is 41.0 Å². The van der Waals surface area contributed by atoms with Crippen molar-refractivity contribution < 1.29 is 4.79 Å². The van der Waals surface area contributed by atoms with Gasteiger partial charge in [-0.3, -0.25) is 9.89 Å². The van der Waals surface area contributed by atoms with Gasteiger partial charge in [0.05, 0.1) is 20.7 Å². The molecule has 0 aliphatic carbocycles. The standard InChI is InChI=1S/C20H16Cl2N4OS2/c1-11-8-14(12(2)26(11)13-5-6-15(21)16(22)9-13)17(27)10-29-20-23-19(24-25-20)18-4-3-7-28-18/h3-9H,10H2,1-2H3,(H,23,24,25). The highest BCUT2D eigenvalue weighted by atomic mass is 35.5. The number of carbonyl (C=O) groups excluding carboxylic acids is 1. The molecule has 9 heteroatoms. The lowest BCUT2D eigenvalue weighted by Gasteiger charge is -2.11. The van der Waals surface area contributed by atoms with E-state index in [2.05, 4.69) is 15.2 Å². The molecule has 0 amide bonds. The maximum Gasteiger partial charge on any atom is 0.209 e. The van der Waals surface area contributed by atoms with E-state index >= 15 is 0 Å². The highest BCUT2D eigenvalue weighted by Crippen LogP contribution is 2.29. The minimum Gasteiger partial charge on any atom is -0.318 e.